The second kappa shape index (κ2) is 7.37. The maximum atomic E-state index is 12.7. The number of aryl methyl sites for hydroxylation is 1. The van der Waals surface area contributed by atoms with E-state index in [1.165, 1.54) is 37.4 Å². The summed E-state index contributed by atoms with van der Waals surface area (Å²) in [5, 5.41) is -0.0669. The first-order valence-electron chi connectivity index (χ1n) is 8.03. The summed E-state index contributed by atoms with van der Waals surface area (Å²) in [6.45, 7) is -0.203. The van der Waals surface area contributed by atoms with Crippen LogP contribution in [0.25, 0.3) is 11.2 Å². The summed E-state index contributed by atoms with van der Waals surface area (Å²) in [4.78, 5) is 53.5. The highest BCUT2D eigenvalue weighted by Gasteiger charge is 2.29. The number of imidazole rings is 1. The number of halogens is 1. The molecule has 3 aromatic heterocycles. The van der Waals surface area contributed by atoms with Crippen molar-refractivity contribution in [2.24, 2.45) is 14.1 Å². The van der Waals surface area contributed by atoms with Gasteiger partial charge in [-0.2, -0.15) is 4.98 Å². The highest BCUT2D eigenvalue weighted by molar-refractivity contribution is 7.18. The molecule has 0 bridgehead atoms. The fraction of sp³-hybridized carbons (Fsp3) is 0.312. The largest absolute Gasteiger partial charge is 0.465 e. The number of fused-ring (bicyclic) bond motifs is 1. The first-order chi connectivity index (χ1) is 13.6. The van der Waals surface area contributed by atoms with Gasteiger partial charge < -0.3 is 19.8 Å². The summed E-state index contributed by atoms with van der Waals surface area (Å²) in [7, 11) is 5.12. The third-order valence-corrected chi connectivity index (χ3v) is 5.74. The van der Waals surface area contributed by atoms with Crippen LogP contribution >= 0.6 is 22.9 Å². The van der Waals surface area contributed by atoms with Gasteiger partial charge in [-0.1, -0.05) is 0 Å². The molecule has 0 fully saturated rings. The maximum Gasteiger partial charge on any atom is 0.348 e. The van der Waals surface area contributed by atoms with Gasteiger partial charge in [0.15, 0.2) is 11.2 Å². The molecule has 0 saturated carbocycles. The second-order valence-corrected chi connectivity index (χ2v) is 7.37. The first kappa shape index (κ1) is 20.6. The van der Waals surface area contributed by atoms with E-state index in [4.69, 9.17) is 26.8 Å². The number of carbonyl (C=O) groups is 2. The van der Waals surface area contributed by atoms with Gasteiger partial charge in [-0.05, 0) is 11.6 Å². The van der Waals surface area contributed by atoms with Crippen LogP contribution in [0.4, 0.5) is 5.00 Å². The molecule has 0 radical (unpaired) electrons. The molecule has 3 rings (SSSR count). The number of rotatable bonds is 4. The van der Waals surface area contributed by atoms with Gasteiger partial charge >= 0.3 is 17.6 Å². The van der Waals surface area contributed by atoms with Crippen LogP contribution in [0.5, 0.6) is 0 Å². The summed E-state index contributed by atoms with van der Waals surface area (Å²) in [5.41, 5.74) is 4.94. The molecule has 3 aromatic rings. The Morgan fingerprint density at radius 2 is 1.76 bits per heavy atom. The van der Waals surface area contributed by atoms with Crippen molar-refractivity contribution in [2.45, 2.75) is 6.54 Å². The number of nitrogens with two attached hydrogens (primary N) is 1. The summed E-state index contributed by atoms with van der Waals surface area (Å²) in [6.07, 6.45) is 0. The van der Waals surface area contributed by atoms with E-state index < -0.39 is 23.2 Å². The average molecular weight is 442 g/mol. The van der Waals surface area contributed by atoms with E-state index in [2.05, 4.69) is 4.98 Å². The molecule has 0 amide bonds. The smallest absolute Gasteiger partial charge is 0.348 e. The number of thiophene rings is 1. The molecular weight excluding hydrogens is 426 g/mol. The van der Waals surface area contributed by atoms with E-state index in [-0.39, 0.29) is 44.0 Å². The number of hydrogen-bond acceptors (Lipinski definition) is 9. The van der Waals surface area contributed by atoms with E-state index in [1.807, 2.05) is 0 Å². The lowest BCUT2D eigenvalue weighted by Gasteiger charge is -2.10. The van der Waals surface area contributed by atoms with Crippen molar-refractivity contribution in [1.82, 2.24) is 18.7 Å². The van der Waals surface area contributed by atoms with Crippen molar-refractivity contribution in [3.63, 3.8) is 0 Å². The van der Waals surface area contributed by atoms with E-state index in [0.717, 1.165) is 15.9 Å². The zero-order chi connectivity index (χ0) is 21.6. The Balaban J connectivity index is 2.34. The van der Waals surface area contributed by atoms with E-state index in [9.17, 15) is 19.2 Å². The quantitative estimate of drug-likeness (QED) is 0.451. The second-order valence-electron chi connectivity index (χ2n) is 5.98. The Bertz CT molecular complexity index is 1280. The lowest BCUT2D eigenvalue weighted by atomic mass is 10.1. The minimum absolute atomic E-state index is 0.0241. The Hall–Kier alpha value is -3.12. The van der Waals surface area contributed by atoms with Crippen molar-refractivity contribution >= 4 is 51.0 Å². The monoisotopic (exact) mass is 441 g/mol. The molecule has 11 nitrogen and oxygen atoms in total. The van der Waals surface area contributed by atoms with Crippen LogP contribution < -0.4 is 17.0 Å². The first-order valence-corrected chi connectivity index (χ1v) is 9.22. The average Bonchev–Trinajstić information content (AvgIpc) is 3.21. The molecule has 0 aromatic carbocycles. The van der Waals surface area contributed by atoms with Crippen LogP contribution in [0.2, 0.25) is 5.28 Å². The lowest BCUT2D eigenvalue weighted by Crippen LogP contribution is -2.37. The van der Waals surface area contributed by atoms with E-state index in [1.54, 1.807) is 0 Å². The molecule has 154 valence electrons. The molecule has 0 unspecified atom stereocenters. The lowest BCUT2D eigenvalue weighted by molar-refractivity contribution is 0.0601. The third kappa shape index (κ3) is 3.09. The third-order valence-electron chi connectivity index (χ3n) is 4.41. The molecular formula is C16H16ClN5O6S. The van der Waals surface area contributed by atoms with Crippen molar-refractivity contribution in [2.75, 3.05) is 20.0 Å². The van der Waals surface area contributed by atoms with Crippen LogP contribution in [0.3, 0.4) is 0 Å². The topological polar surface area (TPSA) is 140 Å². The Morgan fingerprint density at radius 3 is 2.34 bits per heavy atom. The van der Waals surface area contributed by atoms with Crippen LogP contribution in [0, 0.1) is 0 Å². The standard InChI is InChI=1S/C16H16ClN5O6S/c1-20-11-8(12(23)21(2)16(20)26)22(15(17)19-11)5-6-7(13(24)27-3)10(18)29-9(6)14(25)28-4/h5,18H2,1-4H3. The van der Waals surface area contributed by atoms with Gasteiger partial charge in [0.05, 0.1) is 26.3 Å². The van der Waals surface area contributed by atoms with E-state index in [0.29, 0.717) is 0 Å². The number of aromatic nitrogens is 4. The Morgan fingerprint density at radius 1 is 1.14 bits per heavy atom. The normalized spacial score (nSPS) is 11.1. The summed E-state index contributed by atoms with van der Waals surface area (Å²) in [6, 6.07) is 0. The molecule has 13 heteroatoms. The number of esters is 2. The molecule has 0 spiro atoms. The number of methoxy groups -OCH3 is 2. The van der Waals surface area contributed by atoms with Gasteiger partial charge in [0, 0.05) is 19.7 Å². The van der Waals surface area contributed by atoms with Gasteiger partial charge in [-0.3, -0.25) is 13.9 Å². The van der Waals surface area contributed by atoms with Gasteiger partial charge in [-0.25, -0.2) is 14.4 Å². The van der Waals surface area contributed by atoms with Gasteiger partial charge in [-0.15, -0.1) is 11.3 Å². The zero-order valence-corrected chi connectivity index (χ0v) is 17.4. The zero-order valence-electron chi connectivity index (χ0n) is 15.8. The fourth-order valence-corrected chi connectivity index (χ4v) is 4.15. The highest BCUT2D eigenvalue weighted by Crippen LogP contribution is 2.34. The maximum absolute atomic E-state index is 12.7. The minimum Gasteiger partial charge on any atom is -0.465 e. The van der Waals surface area contributed by atoms with Gasteiger partial charge in [0.25, 0.3) is 5.56 Å². The van der Waals surface area contributed by atoms with Crippen molar-refractivity contribution in [3.8, 4) is 0 Å². The van der Waals surface area contributed by atoms with E-state index >= 15 is 0 Å². The SMILES string of the molecule is COC(=O)c1sc(N)c(C(=O)OC)c1Cn1c(Cl)nc2c1c(=O)n(C)c(=O)n2C. The predicted octanol–water partition coefficient (Wildman–Crippen LogP) is 0.352. The molecule has 0 aliphatic heterocycles. The van der Waals surface area contributed by atoms with Crippen LogP contribution in [-0.4, -0.2) is 44.8 Å². The Kier molecular flexibility index (Phi) is 5.24. The van der Waals surface area contributed by atoms with Crippen molar-refractivity contribution in [3.05, 3.63) is 42.1 Å². The van der Waals surface area contributed by atoms with Gasteiger partial charge in [0.1, 0.15) is 9.88 Å². The molecule has 3 heterocycles. The molecule has 0 atom stereocenters. The Labute approximate surface area is 171 Å². The number of nitrogens with zero attached hydrogens (tertiary/aromatic N) is 4. The van der Waals surface area contributed by atoms with Crippen LogP contribution in [0.1, 0.15) is 25.6 Å². The summed E-state index contributed by atoms with van der Waals surface area (Å²) < 4.78 is 12.9. The molecule has 2 N–H and O–H groups in total. The number of carbonyl (C=O) groups excluding carboxylic acids is 2. The minimum atomic E-state index is -0.759. The predicted molar refractivity (Wildman–Crippen MR) is 106 cm³/mol. The number of anilines is 1. The molecule has 29 heavy (non-hydrogen) atoms. The molecule has 0 aliphatic rings. The number of hydrogen-bond donors (Lipinski definition) is 1. The fourth-order valence-electron chi connectivity index (χ4n) is 2.94. The van der Waals surface area contributed by atoms with Crippen molar-refractivity contribution in [1.29, 1.82) is 0 Å². The highest BCUT2D eigenvalue weighted by atomic mass is 35.5. The molecule has 0 aliphatic carbocycles. The van der Waals surface area contributed by atoms with Gasteiger partial charge in [0.2, 0.25) is 5.28 Å². The summed E-state index contributed by atoms with van der Waals surface area (Å²) in [5.74, 6) is -1.47. The summed E-state index contributed by atoms with van der Waals surface area (Å²) >= 11 is 7.08. The number of ether oxygens (including phenoxy) is 2. The van der Waals surface area contributed by atoms with Crippen molar-refractivity contribution < 1.29 is 19.1 Å². The van der Waals surface area contributed by atoms with Crippen LogP contribution in [0.15, 0.2) is 9.59 Å². The van der Waals surface area contributed by atoms with Crippen LogP contribution in [-0.2, 0) is 30.1 Å². The number of nitrogen functional groups attached to an aromatic ring is 1. The molecule has 0 saturated heterocycles.